The maximum atomic E-state index is 5.62. The van der Waals surface area contributed by atoms with Gasteiger partial charge in [0.05, 0.1) is 11.4 Å². The summed E-state index contributed by atoms with van der Waals surface area (Å²) in [6.07, 6.45) is 2.56. The lowest BCUT2D eigenvalue weighted by Crippen LogP contribution is -2.18. The van der Waals surface area contributed by atoms with E-state index < -0.39 is 0 Å². The van der Waals surface area contributed by atoms with Crippen molar-refractivity contribution in [2.24, 2.45) is 22.9 Å². The van der Waals surface area contributed by atoms with Crippen LogP contribution in [0.15, 0.2) is 44.2 Å². The summed E-state index contributed by atoms with van der Waals surface area (Å²) in [5.41, 5.74) is 21.7. The van der Waals surface area contributed by atoms with Crippen molar-refractivity contribution in [1.29, 1.82) is 0 Å². The highest BCUT2D eigenvalue weighted by Crippen LogP contribution is 2.12. The van der Waals surface area contributed by atoms with Crippen molar-refractivity contribution in [2.45, 2.75) is 0 Å². The maximum Gasteiger partial charge on any atom is 0.123 e. The monoisotopic (exact) mass is 317 g/mol. The van der Waals surface area contributed by atoms with Crippen LogP contribution in [0.25, 0.3) is 0 Å². The van der Waals surface area contributed by atoms with E-state index in [1.807, 2.05) is 0 Å². The van der Waals surface area contributed by atoms with Crippen LogP contribution >= 0.6 is 46.4 Å². The lowest BCUT2D eigenvalue weighted by atomic mass is 10.3. The average Bonchev–Trinajstić information content (AvgIpc) is 2.13. The van der Waals surface area contributed by atoms with Crippen molar-refractivity contribution in [3.63, 3.8) is 0 Å². The summed E-state index contributed by atoms with van der Waals surface area (Å²) >= 11 is 22.2. The van der Waals surface area contributed by atoms with Crippen LogP contribution in [0, 0.1) is 0 Å². The Hall–Kier alpha value is -0.880. The largest absolute Gasteiger partial charge is 0.389 e. The second kappa shape index (κ2) is 7.45. The maximum absolute atomic E-state index is 5.62. The molecule has 5 nitrogen and oxygen atoms in total. The highest BCUT2D eigenvalue weighted by atomic mass is 35.5. The summed E-state index contributed by atoms with van der Waals surface area (Å²) in [7, 11) is 0. The van der Waals surface area contributed by atoms with Gasteiger partial charge in [-0.1, -0.05) is 46.4 Å². The normalized spacial score (nSPS) is 16.2. The predicted octanol–water partition coefficient (Wildman–Crippen LogP) is 1.39. The van der Waals surface area contributed by atoms with Crippen LogP contribution in [0.5, 0.6) is 0 Å². The third-order valence-corrected chi connectivity index (χ3v) is 1.97. The molecule has 0 aliphatic rings. The Kier molecular flexibility index (Phi) is 7.06. The zero-order valence-electron chi connectivity index (χ0n) is 8.48. The first kappa shape index (κ1) is 16.1. The van der Waals surface area contributed by atoms with Gasteiger partial charge in [-0.25, -0.2) is 0 Å². The predicted molar refractivity (Wildman–Crippen MR) is 73.5 cm³/mol. The Morgan fingerprint density at radius 1 is 0.706 bits per heavy atom. The van der Waals surface area contributed by atoms with Gasteiger partial charge in [-0.05, 0) is 12.2 Å². The Labute approximate surface area is 119 Å². The molecule has 96 valence electrons. The first-order chi connectivity index (χ1) is 7.73. The third kappa shape index (κ3) is 7.12. The highest BCUT2D eigenvalue weighted by molar-refractivity contribution is 6.31. The van der Waals surface area contributed by atoms with Crippen LogP contribution < -0.4 is 28.3 Å². The summed E-state index contributed by atoms with van der Waals surface area (Å²) in [5, 5.41) is 2.42. The van der Waals surface area contributed by atoms with Crippen LogP contribution in [0.1, 0.15) is 0 Å². The lowest BCUT2D eigenvalue weighted by molar-refractivity contribution is 1.01. The summed E-state index contributed by atoms with van der Waals surface area (Å²) in [6.45, 7) is 0. The van der Waals surface area contributed by atoms with Crippen LogP contribution in [0.2, 0.25) is 0 Å². The molecule has 0 heterocycles. The Morgan fingerprint density at radius 3 is 1.18 bits per heavy atom. The molecule has 0 radical (unpaired) electrons. The van der Waals surface area contributed by atoms with E-state index in [0.29, 0.717) is 0 Å². The molecule has 0 atom stereocenters. The number of hydrogen-bond acceptors (Lipinski definition) is 5. The Morgan fingerprint density at radius 2 is 1.00 bits per heavy atom. The number of rotatable bonds is 4. The summed E-state index contributed by atoms with van der Waals surface area (Å²) in [4.78, 5) is 0. The minimum absolute atomic E-state index is 0.0357. The second-order valence-electron chi connectivity index (χ2n) is 2.71. The molecule has 0 amide bonds. The van der Waals surface area contributed by atoms with Gasteiger partial charge >= 0.3 is 0 Å². The average molecular weight is 319 g/mol. The smallest absolute Gasteiger partial charge is 0.123 e. The quantitative estimate of drug-likeness (QED) is 0.397. The first-order valence-electron chi connectivity index (χ1n) is 4.07. The number of hydrogen-bond donors (Lipinski definition) is 5. The van der Waals surface area contributed by atoms with Crippen LogP contribution in [-0.4, -0.2) is 0 Å². The molecule has 0 unspecified atom stereocenters. The molecule has 9 N–H and O–H groups in total. The van der Waals surface area contributed by atoms with Crippen molar-refractivity contribution >= 4 is 46.4 Å². The number of allylic oxidation sites excluding steroid dienone is 2. The lowest BCUT2D eigenvalue weighted by Gasteiger charge is -2.10. The van der Waals surface area contributed by atoms with Gasteiger partial charge < -0.3 is 28.3 Å². The van der Waals surface area contributed by atoms with Gasteiger partial charge in [0.25, 0.3) is 0 Å². The summed E-state index contributed by atoms with van der Waals surface area (Å²) in [5.74, 6) is 0. The van der Waals surface area contributed by atoms with Crippen molar-refractivity contribution in [2.75, 3.05) is 0 Å². The van der Waals surface area contributed by atoms with Crippen molar-refractivity contribution in [1.82, 2.24) is 5.32 Å². The minimum Gasteiger partial charge on any atom is -0.389 e. The van der Waals surface area contributed by atoms with Gasteiger partial charge in [0, 0.05) is 0 Å². The molecule has 0 aromatic heterocycles. The van der Waals surface area contributed by atoms with Gasteiger partial charge in [-0.2, -0.15) is 0 Å². The van der Waals surface area contributed by atoms with Gasteiger partial charge in [0.2, 0.25) is 0 Å². The van der Waals surface area contributed by atoms with E-state index >= 15 is 0 Å². The number of nitrogens with two attached hydrogens (primary N) is 4. The molecule has 0 aromatic rings. The molecular weight excluding hydrogens is 308 g/mol. The van der Waals surface area contributed by atoms with Crippen molar-refractivity contribution < 1.29 is 0 Å². The zero-order valence-corrected chi connectivity index (χ0v) is 11.5. The molecule has 17 heavy (non-hydrogen) atoms. The second-order valence-corrected chi connectivity index (χ2v) is 4.39. The molecule has 0 rings (SSSR count). The van der Waals surface area contributed by atoms with Crippen molar-refractivity contribution in [3.8, 4) is 0 Å². The Balaban J connectivity index is 5.27. The van der Waals surface area contributed by atoms with Crippen molar-refractivity contribution in [3.05, 3.63) is 44.2 Å². The minimum atomic E-state index is -0.0921. The Bertz CT molecular complexity index is 356. The number of halogens is 4. The van der Waals surface area contributed by atoms with Crippen LogP contribution in [-0.2, 0) is 0 Å². The first-order valence-corrected chi connectivity index (χ1v) is 5.58. The fraction of sp³-hybridized carbons (Fsp3) is 0. The van der Waals surface area contributed by atoms with Gasteiger partial charge in [0.15, 0.2) is 0 Å². The fourth-order valence-corrected chi connectivity index (χ4v) is 1.17. The highest BCUT2D eigenvalue weighted by Gasteiger charge is 2.05. The molecule has 0 aromatic carbocycles. The molecule has 0 saturated carbocycles. The zero-order chi connectivity index (χ0) is 13.6. The van der Waals surface area contributed by atoms with Crippen LogP contribution in [0.4, 0.5) is 0 Å². The fourth-order valence-electron chi connectivity index (χ4n) is 0.750. The molecule has 0 bridgehead atoms. The summed E-state index contributed by atoms with van der Waals surface area (Å²) in [6, 6.07) is 0. The topological polar surface area (TPSA) is 116 Å². The summed E-state index contributed by atoms with van der Waals surface area (Å²) < 4.78 is 0. The van der Waals surface area contributed by atoms with E-state index in [4.69, 9.17) is 69.3 Å². The molecule has 0 saturated heterocycles. The van der Waals surface area contributed by atoms with E-state index in [1.54, 1.807) is 0 Å². The van der Waals surface area contributed by atoms with Gasteiger partial charge in [-0.3, -0.25) is 0 Å². The molecule has 0 aliphatic heterocycles. The standard InChI is InChI=1S/C8H11Cl4N5/c9-5(13)1-3(7(11)15)17-4(8(12)16)2-6(10)14/h1-2,17H,13-16H2/b5-1-,6-2-,7-3+,8-4+. The van der Waals surface area contributed by atoms with E-state index in [0.717, 1.165) is 0 Å². The van der Waals surface area contributed by atoms with Gasteiger partial charge in [0.1, 0.15) is 20.6 Å². The number of nitrogens with one attached hydrogen (secondary N) is 1. The van der Waals surface area contributed by atoms with Gasteiger partial charge in [-0.15, -0.1) is 0 Å². The van der Waals surface area contributed by atoms with E-state index in [9.17, 15) is 0 Å². The van der Waals surface area contributed by atoms with E-state index in [1.165, 1.54) is 12.2 Å². The molecular formula is C8H11Cl4N5. The third-order valence-electron chi connectivity index (χ3n) is 1.35. The molecule has 0 spiro atoms. The van der Waals surface area contributed by atoms with E-state index in [2.05, 4.69) is 5.32 Å². The molecule has 9 heteroatoms. The SMILES string of the molecule is N/C(Cl)=C(\C=C(/N)Cl)NC(/C=C(\N)Cl)=C(/N)Cl. The van der Waals surface area contributed by atoms with E-state index in [-0.39, 0.29) is 32.0 Å². The molecule has 0 aliphatic carbocycles. The molecule has 0 fully saturated rings. The van der Waals surface area contributed by atoms with Crippen LogP contribution in [0.3, 0.4) is 0 Å².